The predicted octanol–water partition coefficient (Wildman–Crippen LogP) is 2.27. The Hall–Kier alpha value is -0.800. The van der Waals surface area contributed by atoms with Gasteiger partial charge in [-0.25, -0.2) is 0 Å². The number of hydrogen-bond acceptors (Lipinski definition) is 3. The van der Waals surface area contributed by atoms with Gasteiger partial charge in [0.05, 0.1) is 12.5 Å². The zero-order valence-corrected chi connectivity index (χ0v) is 10.3. The lowest BCUT2D eigenvalue weighted by molar-refractivity contribution is 0.131. The van der Waals surface area contributed by atoms with Crippen molar-refractivity contribution in [3.63, 3.8) is 0 Å². The van der Waals surface area contributed by atoms with Gasteiger partial charge in [-0.3, -0.25) is 4.90 Å². The molecule has 0 spiro atoms. The first kappa shape index (κ1) is 11.7. The molecule has 2 rings (SSSR count). The van der Waals surface area contributed by atoms with Crippen molar-refractivity contribution in [2.24, 2.45) is 5.92 Å². The average Bonchev–Trinajstić information content (AvgIpc) is 2.82. The van der Waals surface area contributed by atoms with Crippen LogP contribution < -0.4 is 5.32 Å². The van der Waals surface area contributed by atoms with Crippen LogP contribution in [0.2, 0.25) is 0 Å². The van der Waals surface area contributed by atoms with E-state index in [0.717, 1.165) is 12.5 Å². The lowest BCUT2D eigenvalue weighted by atomic mass is 9.96. The molecule has 0 aromatic carbocycles. The van der Waals surface area contributed by atoms with E-state index in [1.165, 1.54) is 31.5 Å². The summed E-state index contributed by atoms with van der Waals surface area (Å²) >= 11 is 0. The maximum atomic E-state index is 5.16. The number of hydrogen-bond donors (Lipinski definition) is 1. The number of furan rings is 1. The van der Waals surface area contributed by atoms with Gasteiger partial charge in [0.2, 0.25) is 0 Å². The largest absolute Gasteiger partial charge is 0.472 e. The van der Waals surface area contributed by atoms with E-state index in [1.54, 1.807) is 6.26 Å². The Labute approximate surface area is 97.8 Å². The number of piperidine rings is 1. The van der Waals surface area contributed by atoms with Crippen LogP contribution in [0.15, 0.2) is 23.0 Å². The van der Waals surface area contributed by atoms with E-state index < -0.39 is 0 Å². The van der Waals surface area contributed by atoms with E-state index >= 15 is 0 Å². The Bertz CT molecular complexity index is 295. The molecule has 1 aromatic rings. The molecule has 1 fully saturated rings. The van der Waals surface area contributed by atoms with Gasteiger partial charge in [0.25, 0.3) is 0 Å². The molecule has 0 amide bonds. The fourth-order valence-corrected chi connectivity index (χ4v) is 2.63. The second-order valence-electron chi connectivity index (χ2n) is 4.79. The van der Waals surface area contributed by atoms with Gasteiger partial charge in [-0.05, 0) is 51.9 Å². The zero-order chi connectivity index (χ0) is 11.4. The minimum Gasteiger partial charge on any atom is -0.472 e. The highest BCUT2D eigenvalue weighted by Crippen LogP contribution is 2.26. The molecule has 16 heavy (non-hydrogen) atoms. The molecule has 2 heterocycles. The molecule has 0 aliphatic carbocycles. The van der Waals surface area contributed by atoms with Gasteiger partial charge < -0.3 is 9.73 Å². The van der Waals surface area contributed by atoms with Crippen LogP contribution in [0.4, 0.5) is 0 Å². The summed E-state index contributed by atoms with van der Waals surface area (Å²) in [6.07, 6.45) is 6.30. The van der Waals surface area contributed by atoms with Crippen LogP contribution in [0.25, 0.3) is 0 Å². The van der Waals surface area contributed by atoms with Crippen molar-refractivity contribution in [3.8, 4) is 0 Å². The maximum absolute atomic E-state index is 5.16. The van der Waals surface area contributed by atoms with Gasteiger partial charge in [-0.15, -0.1) is 0 Å². The monoisotopic (exact) mass is 222 g/mol. The third-order valence-electron chi connectivity index (χ3n) is 3.62. The van der Waals surface area contributed by atoms with Gasteiger partial charge in [-0.1, -0.05) is 0 Å². The summed E-state index contributed by atoms with van der Waals surface area (Å²) in [5, 5.41) is 3.29. The van der Waals surface area contributed by atoms with E-state index in [4.69, 9.17) is 4.42 Å². The summed E-state index contributed by atoms with van der Waals surface area (Å²) in [7, 11) is 2.04. The van der Waals surface area contributed by atoms with Gasteiger partial charge in [0.15, 0.2) is 0 Å². The molecule has 3 nitrogen and oxygen atoms in total. The van der Waals surface area contributed by atoms with Crippen LogP contribution in [0, 0.1) is 5.92 Å². The number of nitrogens with zero attached hydrogens (tertiary/aromatic N) is 1. The van der Waals surface area contributed by atoms with Crippen molar-refractivity contribution >= 4 is 0 Å². The summed E-state index contributed by atoms with van der Waals surface area (Å²) in [5.41, 5.74) is 1.30. The third kappa shape index (κ3) is 2.66. The molecule has 2 unspecified atom stereocenters. The summed E-state index contributed by atoms with van der Waals surface area (Å²) < 4.78 is 5.16. The molecule has 1 N–H and O–H groups in total. The van der Waals surface area contributed by atoms with Gasteiger partial charge in [-0.2, -0.15) is 0 Å². The summed E-state index contributed by atoms with van der Waals surface area (Å²) in [6.45, 7) is 5.82. The molecule has 0 radical (unpaired) electrons. The van der Waals surface area contributed by atoms with E-state index in [9.17, 15) is 0 Å². The van der Waals surface area contributed by atoms with E-state index in [1.807, 2.05) is 13.3 Å². The summed E-state index contributed by atoms with van der Waals surface area (Å²) in [4.78, 5) is 2.57. The molecule has 90 valence electrons. The summed E-state index contributed by atoms with van der Waals surface area (Å²) in [5.74, 6) is 0.799. The van der Waals surface area contributed by atoms with Crippen molar-refractivity contribution in [1.29, 1.82) is 0 Å². The third-order valence-corrected chi connectivity index (χ3v) is 3.62. The van der Waals surface area contributed by atoms with Crippen molar-refractivity contribution < 1.29 is 4.42 Å². The molecule has 1 aliphatic rings. The fraction of sp³-hybridized carbons (Fsp3) is 0.692. The highest BCUT2D eigenvalue weighted by Gasteiger charge is 2.24. The van der Waals surface area contributed by atoms with E-state index in [0.29, 0.717) is 6.04 Å². The smallest absolute Gasteiger partial charge is 0.0950 e. The first-order valence-corrected chi connectivity index (χ1v) is 6.22. The lowest BCUT2D eigenvalue weighted by Gasteiger charge is -2.36. The van der Waals surface area contributed by atoms with Crippen LogP contribution in [0.3, 0.4) is 0 Å². The minimum absolute atomic E-state index is 0.485. The summed E-state index contributed by atoms with van der Waals surface area (Å²) in [6, 6.07) is 2.56. The quantitative estimate of drug-likeness (QED) is 0.847. The molecule has 0 saturated carbocycles. The minimum atomic E-state index is 0.485. The Morgan fingerprint density at radius 3 is 3.19 bits per heavy atom. The SMILES string of the molecule is CNCC1CCCN(C(C)c2ccoc2)C1. The van der Waals surface area contributed by atoms with E-state index in [2.05, 4.69) is 23.2 Å². The Kier molecular flexibility index (Phi) is 4.02. The van der Waals surface area contributed by atoms with Crippen molar-refractivity contribution in [3.05, 3.63) is 24.2 Å². The lowest BCUT2D eigenvalue weighted by Crippen LogP contribution is -2.40. The molecule has 2 atom stereocenters. The molecular weight excluding hydrogens is 200 g/mol. The average molecular weight is 222 g/mol. The van der Waals surface area contributed by atoms with Crippen LogP contribution in [0.5, 0.6) is 0 Å². The normalized spacial score (nSPS) is 24.5. The molecular formula is C13H22N2O. The topological polar surface area (TPSA) is 28.4 Å². The number of rotatable bonds is 4. The predicted molar refractivity (Wildman–Crippen MR) is 65.3 cm³/mol. The Balaban J connectivity index is 1.93. The van der Waals surface area contributed by atoms with Crippen molar-refractivity contribution in [2.75, 3.05) is 26.7 Å². The first-order chi connectivity index (χ1) is 7.81. The molecule has 1 saturated heterocycles. The van der Waals surface area contributed by atoms with Gasteiger partial charge in [0, 0.05) is 18.2 Å². The van der Waals surface area contributed by atoms with Crippen molar-refractivity contribution in [2.45, 2.75) is 25.8 Å². The van der Waals surface area contributed by atoms with Crippen LogP contribution in [0.1, 0.15) is 31.4 Å². The van der Waals surface area contributed by atoms with Gasteiger partial charge in [0.1, 0.15) is 0 Å². The Morgan fingerprint density at radius 1 is 1.62 bits per heavy atom. The molecule has 1 aromatic heterocycles. The maximum Gasteiger partial charge on any atom is 0.0950 e. The molecule has 3 heteroatoms. The number of nitrogens with one attached hydrogen (secondary N) is 1. The van der Waals surface area contributed by atoms with E-state index in [-0.39, 0.29) is 0 Å². The van der Waals surface area contributed by atoms with Gasteiger partial charge >= 0.3 is 0 Å². The van der Waals surface area contributed by atoms with Crippen LogP contribution in [-0.2, 0) is 0 Å². The molecule has 0 bridgehead atoms. The highest BCUT2D eigenvalue weighted by atomic mass is 16.3. The Morgan fingerprint density at radius 2 is 2.50 bits per heavy atom. The standard InChI is InChI=1S/C13H22N2O/c1-11(13-5-7-16-10-13)15-6-3-4-12(9-15)8-14-2/h5,7,10-12,14H,3-4,6,8-9H2,1-2H3. The highest BCUT2D eigenvalue weighted by molar-refractivity contribution is 5.10. The fourth-order valence-electron chi connectivity index (χ4n) is 2.63. The molecule has 1 aliphatic heterocycles. The van der Waals surface area contributed by atoms with Crippen LogP contribution in [-0.4, -0.2) is 31.6 Å². The number of likely N-dealkylation sites (tertiary alicyclic amines) is 1. The zero-order valence-electron chi connectivity index (χ0n) is 10.3. The first-order valence-electron chi connectivity index (χ1n) is 6.22. The second kappa shape index (κ2) is 5.51. The van der Waals surface area contributed by atoms with Crippen molar-refractivity contribution in [1.82, 2.24) is 10.2 Å². The van der Waals surface area contributed by atoms with Crippen LogP contribution >= 0.6 is 0 Å². The second-order valence-corrected chi connectivity index (χ2v) is 4.79.